The van der Waals surface area contributed by atoms with E-state index < -0.39 is 17.9 Å². The monoisotopic (exact) mass is 739 g/mol. The van der Waals surface area contributed by atoms with Gasteiger partial charge in [0.25, 0.3) is 5.91 Å². The summed E-state index contributed by atoms with van der Waals surface area (Å²) in [6.45, 7) is 3.58. The van der Waals surface area contributed by atoms with Crippen LogP contribution < -0.4 is 25.5 Å². The molecule has 3 N–H and O–H groups in total. The van der Waals surface area contributed by atoms with Crippen LogP contribution in [0.2, 0.25) is 0 Å². The highest BCUT2D eigenvalue weighted by atomic mass is 79.9. The standard InChI is InChI=1S/C31H27Br2N5O5S/c1-3-41-30(40)27-18(2)36-31(44)37-28(27)22-10-6-7-11-25(22)42-17-26(39)38-35-15-19-12-23(32)29(24(33)13-19)43-16-21-9-5-4-8-20(21)14-34/h4-13,15,28H,3,16-17H2,1-2H3,(H,38,39)(H2,36,37,44)/t28-/m1/s1. The summed E-state index contributed by atoms with van der Waals surface area (Å²) in [5.41, 5.74) is 6.01. The van der Waals surface area contributed by atoms with E-state index in [1.165, 1.54) is 6.21 Å². The van der Waals surface area contributed by atoms with E-state index >= 15 is 0 Å². The zero-order chi connectivity index (χ0) is 31.6. The first-order chi connectivity index (χ1) is 21.2. The maximum atomic E-state index is 12.7. The molecule has 0 fully saturated rings. The van der Waals surface area contributed by atoms with Gasteiger partial charge in [0.1, 0.15) is 18.1 Å². The fourth-order valence-corrected chi connectivity index (χ4v) is 6.03. The third-order valence-corrected chi connectivity index (χ3v) is 7.68. The summed E-state index contributed by atoms with van der Waals surface area (Å²) >= 11 is 12.3. The molecular weight excluding hydrogens is 714 g/mol. The quantitative estimate of drug-likeness (QED) is 0.100. The predicted octanol–water partition coefficient (Wildman–Crippen LogP) is 5.55. The Labute approximate surface area is 276 Å². The fraction of sp³-hybridized carbons (Fsp3) is 0.194. The number of esters is 1. The smallest absolute Gasteiger partial charge is 0.338 e. The highest BCUT2D eigenvalue weighted by molar-refractivity contribution is 9.11. The van der Waals surface area contributed by atoms with Crippen molar-refractivity contribution in [2.45, 2.75) is 26.5 Å². The molecule has 1 amide bonds. The lowest BCUT2D eigenvalue weighted by molar-refractivity contribution is -0.139. The molecule has 10 nitrogen and oxygen atoms in total. The van der Waals surface area contributed by atoms with Crippen LogP contribution in [0.4, 0.5) is 0 Å². The number of amides is 1. The number of nitrogens with one attached hydrogen (secondary N) is 3. The summed E-state index contributed by atoms with van der Waals surface area (Å²) in [7, 11) is 0. The van der Waals surface area contributed by atoms with Gasteiger partial charge in [0.2, 0.25) is 0 Å². The molecule has 0 unspecified atom stereocenters. The summed E-state index contributed by atoms with van der Waals surface area (Å²) in [4.78, 5) is 25.3. The van der Waals surface area contributed by atoms with Crippen molar-refractivity contribution >= 4 is 67.3 Å². The van der Waals surface area contributed by atoms with Crippen molar-refractivity contribution in [1.29, 1.82) is 5.26 Å². The molecule has 4 rings (SSSR count). The van der Waals surface area contributed by atoms with E-state index in [9.17, 15) is 14.9 Å². The largest absolute Gasteiger partial charge is 0.486 e. The zero-order valence-electron chi connectivity index (χ0n) is 23.6. The number of allylic oxidation sites excluding steroid dienone is 1. The molecule has 3 aromatic carbocycles. The van der Waals surface area contributed by atoms with Gasteiger partial charge < -0.3 is 24.8 Å². The van der Waals surface area contributed by atoms with E-state index in [2.05, 4.69) is 59.1 Å². The molecular formula is C31H27Br2N5O5S. The Morgan fingerprint density at radius 3 is 2.55 bits per heavy atom. The number of nitriles is 1. The van der Waals surface area contributed by atoms with Gasteiger partial charge in [-0.25, -0.2) is 10.2 Å². The average molecular weight is 741 g/mol. The maximum Gasteiger partial charge on any atom is 0.338 e. The average Bonchev–Trinajstić information content (AvgIpc) is 2.99. The van der Waals surface area contributed by atoms with Crippen LogP contribution in [-0.2, 0) is 20.9 Å². The molecule has 0 saturated heterocycles. The molecule has 226 valence electrons. The first kappa shape index (κ1) is 32.7. The number of nitrogens with zero attached hydrogens (tertiary/aromatic N) is 2. The molecule has 3 aromatic rings. The van der Waals surface area contributed by atoms with Gasteiger partial charge in [-0.05, 0) is 87.8 Å². The normalized spacial score (nSPS) is 14.3. The number of hydrazone groups is 1. The minimum atomic E-state index is -0.634. The lowest BCUT2D eigenvalue weighted by Gasteiger charge is -2.30. The summed E-state index contributed by atoms with van der Waals surface area (Å²) < 4.78 is 18.3. The van der Waals surface area contributed by atoms with Crippen LogP contribution in [0.5, 0.6) is 11.5 Å². The van der Waals surface area contributed by atoms with Crippen LogP contribution in [-0.4, -0.2) is 36.4 Å². The molecule has 0 saturated carbocycles. The molecule has 44 heavy (non-hydrogen) atoms. The van der Waals surface area contributed by atoms with E-state index in [4.69, 9.17) is 26.4 Å². The number of hydrogen-bond acceptors (Lipinski definition) is 8. The summed E-state index contributed by atoms with van der Waals surface area (Å²) in [6, 6.07) is 19.4. The number of hydrogen-bond donors (Lipinski definition) is 3. The molecule has 13 heteroatoms. The van der Waals surface area contributed by atoms with E-state index in [1.54, 1.807) is 62.4 Å². The van der Waals surface area contributed by atoms with Crippen LogP contribution in [0.25, 0.3) is 0 Å². The van der Waals surface area contributed by atoms with Crippen molar-refractivity contribution in [1.82, 2.24) is 16.1 Å². The molecule has 0 radical (unpaired) electrons. The second-order valence-corrected chi connectivity index (χ2v) is 11.4. The highest BCUT2D eigenvalue weighted by Gasteiger charge is 2.32. The number of rotatable bonds is 11. The number of benzene rings is 3. The van der Waals surface area contributed by atoms with Crippen molar-refractivity contribution in [3.05, 3.63) is 103 Å². The number of halogens is 2. The summed E-state index contributed by atoms with van der Waals surface area (Å²) in [5, 5.41) is 19.7. The first-order valence-electron chi connectivity index (χ1n) is 13.3. The number of ether oxygens (including phenoxy) is 3. The topological polar surface area (TPSA) is 134 Å². The molecule has 1 atom stereocenters. The summed E-state index contributed by atoms with van der Waals surface area (Å²) in [5.74, 6) is -0.0200. The molecule has 1 aliphatic heterocycles. The Kier molecular flexibility index (Phi) is 11.5. The highest BCUT2D eigenvalue weighted by Crippen LogP contribution is 2.36. The van der Waals surface area contributed by atoms with Crippen LogP contribution >= 0.6 is 44.1 Å². The van der Waals surface area contributed by atoms with E-state index in [0.717, 1.165) is 5.56 Å². The molecule has 1 aliphatic rings. The molecule has 0 spiro atoms. The van der Waals surface area contributed by atoms with Gasteiger partial charge in [-0.2, -0.15) is 10.4 Å². The van der Waals surface area contributed by atoms with Gasteiger partial charge in [-0.1, -0.05) is 36.4 Å². The van der Waals surface area contributed by atoms with Crippen molar-refractivity contribution < 1.29 is 23.8 Å². The van der Waals surface area contributed by atoms with E-state index in [1.807, 2.05) is 12.1 Å². The van der Waals surface area contributed by atoms with Crippen LogP contribution in [0.1, 0.15) is 42.1 Å². The second kappa shape index (κ2) is 15.5. The Bertz CT molecular complexity index is 1660. The Morgan fingerprint density at radius 1 is 1.11 bits per heavy atom. The van der Waals surface area contributed by atoms with E-state index in [-0.39, 0.29) is 19.8 Å². The molecule has 1 heterocycles. The maximum absolute atomic E-state index is 12.7. The number of carbonyl (C=O) groups is 2. The van der Waals surface area contributed by atoms with Gasteiger partial charge in [0, 0.05) is 16.8 Å². The van der Waals surface area contributed by atoms with E-state index in [0.29, 0.717) is 53.5 Å². The minimum absolute atomic E-state index is 0.216. The molecule has 0 aromatic heterocycles. The van der Waals surface area contributed by atoms with Crippen molar-refractivity contribution in [3.8, 4) is 17.6 Å². The number of para-hydroxylation sites is 1. The van der Waals surface area contributed by atoms with Crippen molar-refractivity contribution in [3.63, 3.8) is 0 Å². The Balaban J connectivity index is 1.38. The fourth-order valence-electron chi connectivity index (χ4n) is 4.31. The van der Waals surface area contributed by atoms with Gasteiger partial charge in [-0.15, -0.1) is 0 Å². The van der Waals surface area contributed by atoms with Crippen molar-refractivity contribution in [2.24, 2.45) is 5.10 Å². The lowest BCUT2D eigenvalue weighted by Crippen LogP contribution is -2.45. The van der Waals surface area contributed by atoms with Gasteiger partial charge >= 0.3 is 5.97 Å². The predicted molar refractivity (Wildman–Crippen MR) is 176 cm³/mol. The van der Waals surface area contributed by atoms with Crippen molar-refractivity contribution in [2.75, 3.05) is 13.2 Å². The summed E-state index contributed by atoms with van der Waals surface area (Å²) in [6.07, 6.45) is 1.48. The first-order valence-corrected chi connectivity index (χ1v) is 15.3. The minimum Gasteiger partial charge on any atom is -0.486 e. The van der Waals surface area contributed by atoms with Crippen LogP contribution in [0, 0.1) is 11.3 Å². The van der Waals surface area contributed by atoms with Gasteiger partial charge in [-0.3, -0.25) is 4.79 Å². The van der Waals surface area contributed by atoms with Crippen LogP contribution in [0.3, 0.4) is 0 Å². The SMILES string of the molecule is CCOC(=O)C1=C(C)NC(=S)N[C@@H]1c1ccccc1OCC(=O)NN=Cc1cc(Br)c(OCc2ccccc2C#N)c(Br)c1. The lowest BCUT2D eigenvalue weighted by atomic mass is 9.95. The zero-order valence-corrected chi connectivity index (χ0v) is 27.6. The third-order valence-electron chi connectivity index (χ3n) is 6.29. The van der Waals surface area contributed by atoms with Gasteiger partial charge in [0.05, 0.1) is 45.0 Å². The number of thiocarbonyl (C=S) groups is 1. The number of carbonyl (C=O) groups excluding carboxylic acids is 2. The Hall–Kier alpha value is -4.25. The Morgan fingerprint density at radius 2 is 1.82 bits per heavy atom. The molecule has 0 bridgehead atoms. The molecule has 0 aliphatic carbocycles. The van der Waals surface area contributed by atoms with Gasteiger partial charge in [0.15, 0.2) is 11.7 Å². The van der Waals surface area contributed by atoms with Crippen LogP contribution in [0.15, 0.2) is 86.0 Å². The second-order valence-electron chi connectivity index (χ2n) is 9.28. The third kappa shape index (κ3) is 8.22.